The van der Waals surface area contributed by atoms with Crippen molar-refractivity contribution in [2.45, 2.75) is 0 Å². The molecule has 0 aliphatic rings. The lowest BCUT2D eigenvalue weighted by molar-refractivity contribution is 0.475. The van der Waals surface area contributed by atoms with Crippen molar-refractivity contribution in [1.82, 2.24) is 9.97 Å². The highest BCUT2D eigenvalue weighted by Crippen LogP contribution is 2.32. The molecule has 0 aliphatic heterocycles. The first-order valence-corrected chi connectivity index (χ1v) is 8.73. The van der Waals surface area contributed by atoms with Crippen LogP contribution in [0.25, 0.3) is 22.5 Å². The van der Waals surface area contributed by atoms with Crippen LogP contribution in [-0.4, -0.2) is 15.1 Å². The fourth-order valence-corrected chi connectivity index (χ4v) is 2.91. The number of hydrogen-bond donors (Lipinski definition) is 2. The highest BCUT2D eigenvalue weighted by atomic mass is 16.3. The monoisotopic (exact) mass is 364 g/mol. The van der Waals surface area contributed by atoms with Gasteiger partial charge in [0.15, 0.2) is 0 Å². The lowest BCUT2D eigenvalue weighted by atomic mass is 10.0. The Morgan fingerprint density at radius 1 is 0.714 bits per heavy atom. The summed E-state index contributed by atoms with van der Waals surface area (Å²) in [4.78, 5) is 9.22. The number of nitrogens with one attached hydrogen (secondary N) is 1. The number of benzene rings is 3. The van der Waals surface area contributed by atoms with E-state index in [1.54, 1.807) is 24.3 Å². The molecule has 0 bridgehead atoms. The van der Waals surface area contributed by atoms with Gasteiger partial charge in [-0.25, -0.2) is 9.97 Å². The summed E-state index contributed by atoms with van der Waals surface area (Å²) in [6, 6.07) is 28.0. The van der Waals surface area contributed by atoms with Crippen LogP contribution in [0.5, 0.6) is 5.75 Å². The average Bonchev–Trinajstić information content (AvgIpc) is 2.75. The molecule has 0 atom stereocenters. The molecule has 0 spiro atoms. The largest absolute Gasteiger partial charge is 0.508 e. The molecule has 0 fully saturated rings. The Morgan fingerprint density at radius 2 is 1.25 bits per heavy atom. The zero-order valence-corrected chi connectivity index (χ0v) is 14.9. The summed E-state index contributed by atoms with van der Waals surface area (Å²) in [5.74, 6) is 0.550. The summed E-state index contributed by atoms with van der Waals surface area (Å²) in [5.41, 5.74) is 3.86. The van der Waals surface area contributed by atoms with Gasteiger partial charge in [-0.05, 0) is 36.4 Å². The van der Waals surface area contributed by atoms with Gasteiger partial charge in [0.2, 0.25) is 5.95 Å². The molecule has 4 rings (SSSR count). The van der Waals surface area contributed by atoms with Gasteiger partial charge in [0.05, 0.1) is 11.4 Å². The predicted molar refractivity (Wildman–Crippen MR) is 109 cm³/mol. The zero-order valence-electron chi connectivity index (χ0n) is 14.9. The van der Waals surface area contributed by atoms with E-state index in [0.717, 1.165) is 16.8 Å². The molecule has 0 saturated carbocycles. The second kappa shape index (κ2) is 7.60. The van der Waals surface area contributed by atoms with Crippen molar-refractivity contribution >= 4 is 11.6 Å². The molecule has 4 aromatic rings. The smallest absolute Gasteiger partial charge is 0.228 e. The number of phenols is 1. The lowest BCUT2D eigenvalue weighted by Crippen LogP contribution is -2.03. The Bertz CT molecular complexity index is 1140. The van der Waals surface area contributed by atoms with Crippen LogP contribution in [0.2, 0.25) is 0 Å². The molecule has 0 amide bonds. The minimum absolute atomic E-state index is 0.155. The third kappa shape index (κ3) is 3.53. The molecule has 28 heavy (non-hydrogen) atoms. The first-order chi connectivity index (χ1) is 13.7. The molecule has 0 aliphatic carbocycles. The maximum atomic E-state index is 9.86. The third-order valence-electron chi connectivity index (χ3n) is 4.24. The summed E-state index contributed by atoms with van der Waals surface area (Å²) < 4.78 is 0. The standard InChI is InChI=1S/C23H16N4O/c24-15-20-21(16-7-3-1-4-8-16)26-23(25-18-9-5-2-6-10-18)27-22(20)17-11-13-19(28)14-12-17/h1-14,28H,(H,25,26,27). The van der Waals surface area contributed by atoms with E-state index in [9.17, 15) is 10.4 Å². The fraction of sp³-hybridized carbons (Fsp3) is 0. The van der Waals surface area contributed by atoms with Crippen molar-refractivity contribution in [3.8, 4) is 34.3 Å². The van der Waals surface area contributed by atoms with Gasteiger partial charge in [-0.15, -0.1) is 0 Å². The molecule has 0 unspecified atom stereocenters. The van der Waals surface area contributed by atoms with E-state index in [0.29, 0.717) is 22.9 Å². The maximum absolute atomic E-state index is 9.86. The first kappa shape index (κ1) is 17.3. The quantitative estimate of drug-likeness (QED) is 0.524. The normalized spacial score (nSPS) is 10.2. The molecular weight excluding hydrogens is 348 g/mol. The molecule has 2 N–H and O–H groups in total. The molecule has 5 heteroatoms. The molecule has 1 heterocycles. The van der Waals surface area contributed by atoms with Crippen molar-refractivity contribution in [3.63, 3.8) is 0 Å². The molecular formula is C23H16N4O. The number of phenolic OH excluding ortho intramolecular Hbond substituents is 1. The van der Waals surface area contributed by atoms with Gasteiger partial charge in [-0.1, -0.05) is 48.5 Å². The van der Waals surface area contributed by atoms with Crippen LogP contribution in [0.4, 0.5) is 11.6 Å². The molecule has 0 saturated heterocycles. The van der Waals surface area contributed by atoms with Crippen LogP contribution in [0.1, 0.15) is 5.56 Å². The number of rotatable bonds is 4. The Balaban J connectivity index is 1.92. The van der Waals surface area contributed by atoms with Gasteiger partial charge in [-0.3, -0.25) is 0 Å². The van der Waals surface area contributed by atoms with Gasteiger partial charge < -0.3 is 10.4 Å². The van der Waals surface area contributed by atoms with Gasteiger partial charge in [0.25, 0.3) is 0 Å². The molecule has 1 aromatic heterocycles. The van der Waals surface area contributed by atoms with Crippen LogP contribution in [0.15, 0.2) is 84.9 Å². The number of aromatic hydroxyl groups is 1. The summed E-state index contributed by atoms with van der Waals surface area (Å²) in [5, 5.41) is 22.7. The van der Waals surface area contributed by atoms with E-state index in [-0.39, 0.29) is 5.75 Å². The van der Waals surface area contributed by atoms with Gasteiger partial charge in [0.1, 0.15) is 17.4 Å². The Hall–Kier alpha value is -4.17. The highest BCUT2D eigenvalue weighted by Gasteiger charge is 2.17. The van der Waals surface area contributed by atoms with Crippen LogP contribution >= 0.6 is 0 Å². The van der Waals surface area contributed by atoms with Gasteiger partial charge >= 0.3 is 0 Å². The lowest BCUT2D eigenvalue weighted by Gasteiger charge is -2.13. The van der Waals surface area contributed by atoms with Gasteiger partial charge in [0, 0.05) is 16.8 Å². The van der Waals surface area contributed by atoms with Crippen molar-refractivity contribution < 1.29 is 5.11 Å². The topological polar surface area (TPSA) is 81.8 Å². The van der Waals surface area contributed by atoms with E-state index in [1.165, 1.54) is 0 Å². The second-order valence-corrected chi connectivity index (χ2v) is 6.14. The number of para-hydroxylation sites is 1. The summed E-state index contributed by atoms with van der Waals surface area (Å²) >= 11 is 0. The van der Waals surface area contributed by atoms with Crippen molar-refractivity contribution in [2.75, 3.05) is 5.32 Å². The Kier molecular flexibility index (Phi) is 4.68. The summed E-state index contributed by atoms with van der Waals surface area (Å²) in [6.45, 7) is 0. The van der Waals surface area contributed by atoms with Crippen LogP contribution in [0.3, 0.4) is 0 Å². The number of anilines is 2. The number of hydrogen-bond acceptors (Lipinski definition) is 5. The Labute approximate surface area is 162 Å². The van der Waals surface area contributed by atoms with E-state index in [2.05, 4.69) is 21.4 Å². The van der Waals surface area contributed by atoms with Crippen molar-refractivity contribution in [3.05, 3.63) is 90.5 Å². The molecule has 3 aromatic carbocycles. The van der Waals surface area contributed by atoms with Crippen molar-refractivity contribution in [2.24, 2.45) is 0 Å². The minimum atomic E-state index is 0.155. The molecule has 134 valence electrons. The number of nitrogens with zero attached hydrogens (tertiary/aromatic N) is 3. The SMILES string of the molecule is N#Cc1c(-c2ccccc2)nc(Nc2ccccc2)nc1-c1ccc(O)cc1. The second-order valence-electron chi connectivity index (χ2n) is 6.14. The molecule has 0 radical (unpaired) electrons. The predicted octanol–water partition coefficient (Wildman–Crippen LogP) is 5.13. The first-order valence-electron chi connectivity index (χ1n) is 8.73. The summed E-state index contributed by atoms with van der Waals surface area (Å²) in [6.07, 6.45) is 0. The Morgan fingerprint density at radius 3 is 1.82 bits per heavy atom. The average molecular weight is 364 g/mol. The van der Waals surface area contributed by atoms with Crippen LogP contribution < -0.4 is 5.32 Å². The number of nitriles is 1. The minimum Gasteiger partial charge on any atom is -0.508 e. The fourth-order valence-electron chi connectivity index (χ4n) is 2.91. The highest BCUT2D eigenvalue weighted by molar-refractivity contribution is 5.79. The number of aromatic nitrogens is 2. The third-order valence-corrected chi connectivity index (χ3v) is 4.24. The summed E-state index contributed by atoms with van der Waals surface area (Å²) in [7, 11) is 0. The van der Waals surface area contributed by atoms with Crippen molar-refractivity contribution in [1.29, 1.82) is 5.26 Å². The van der Waals surface area contributed by atoms with Crippen LogP contribution in [-0.2, 0) is 0 Å². The van der Waals surface area contributed by atoms with E-state index < -0.39 is 0 Å². The van der Waals surface area contributed by atoms with Gasteiger partial charge in [-0.2, -0.15) is 5.26 Å². The van der Waals surface area contributed by atoms with Crippen LogP contribution in [0, 0.1) is 11.3 Å². The zero-order chi connectivity index (χ0) is 19.3. The molecule has 5 nitrogen and oxygen atoms in total. The van der Waals surface area contributed by atoms with E-state index >= 15 is 0 Å². The van der Waals surface area contributed by atoms with E-state index in [4.69, 9.17) is 0 Å². The maximum Gasteiger partial charge on any atom is 0.228 e. The van der Waals surface area contributed by atoms with E-state index in [1.807, 2.05) is 60.7 Å².